The van der Waals surface area contributed by atoms with Gasteiger partial charge in [0.25, 0.3) is 0 Å². The molecule has 0 bridgehead atoms. The van der Waals surface area contributed by atoms with Crippen molar-refractivity contribution < 1.29 is 13.2 Å². The number of hydrogen-bond donors (Lipinski definition) is 1. The number of halogens is 3. The number of nitrogens with zero attached hydrogens (tertiary/aromatic N) is 4. The van der Waals surface area contributed by atoms with Crippen LogP contribution in [0.25, 0.3) is 5.65 Å². The van der Waals surface area contributed by atoms with E-state index in [0.29, 0.717) is 22.9 Å². The van der Waals surface area contributed by atoms with Crippen molar-refractivity contribution in [3.8, 4) is 0 Å². The summed E-state index contributed by atoms with van der Waals surface area (Å²) in [6.07, 6.45) is 1.31. The zero-order valence-corrected chi connectivity index (χ0v) is 12.6. The van der Waals surface area contributed by atoms with Crippen LogP contribution >= 0.6 is 0 Å². The van der Waals surface area contributed by atoms with Crippen molar-refractivity contribution in [3.05, 3.63) is 53.6 Å². The Kier molecular flexibility index (Phi) is 3.40. The lowest BCUT2D eigenvalue weighted by molar-refractivity contribution is -0.137. The second-order valence-corrected chi connectivity index (χ2v) is 5.85. The Balaban J connectivity index is 1.57. The Bertz CT molecular complexity index is 883. The number of hydrogen-bond acceptors (Lipinski definition) is 4. The van der Waals surface area contributed by atoms with Crippen LogP contribution < -0.4 is 5.32 Å². The van der Waals surface area contributed by atoms with Gasteiger partial charge in [0.1, 0.15) is 5.82 Å². The summed E-state index contributed by atoms with van der Waals surface area (Å²) in [5, 5.41) is 11.4. The molecule has 8 heteroatoms. The Labute approximate surface area is 135 Å². The minimum atomic E-state index is -4.35. The second-order valence-electron chi connectivity index (χ2n) is 5.85. The van der Waals surface area contributed by atoms with E-state index in [4.69, 9.17) is 0 Å². The van der Waals surface area contributed by atoms with Crippen LogP contribution in [-0.4, -0.2) is 19.6 Å². The molecule has 1 fully saturated rings. The lowest BCUT2D eigenvalue weighted by Gasteiger charge is -2.10. The molecule has 1 aromatic carbocycles. The van der Waals surface area contributed by atoms with E-state index in [1.165, 1.54) is 6.07 Å². The van der Waals surface area contributed by atoms with Gasteiger partial charge in [-0.15, -0.1) is 10.2 Å². The maximum Gasteiger partial charge on any atom is 0.416 e. The zero-order valence-electron chi connectivity index (χ0n) is 12.6. The van der Waals surface area contributed by atoms with Crippen LogP contribution in [0, 0.1) is 0 Å². The molecule has 0 aliphatic heterocycles. The van der Waals surface area contributed by atoms with Crippen molar-refractivity contribution in [2.75, 3.05) is 5.32 Å². The maximum atomic E-state index is 12.8. The summed E-state index contributed by atoms with van der Waals surface area (Å²) >= 11 is 0. The normalized spacial score (nSPS) is 15.0. The zero-order chi connectivity index (χ0) is 16.7. The van der Waals surface area contributed by atoms with Gasteiger partial charge in [-0.1, -0.05) is 12.1 Å². The maximum absolute atomic E-state index is 12.8. The van der Waals surface area contributed by atoms with Crippen molar-refractivity contribution in [2.24, 2.45) is 0 Å². The summed E-state index contributed by atoms with van der Waals surface area (Å²) in [5.41, 5.74) is 0.452. The lowest BCUT2D eigenvalue weighted by atomic mass is 10.1. The van der Waals surface area contributed by atoms with Gasteiger partial charge >= 0.3 is 6.18 Å². The molecule has 4 rings (SSSR count). The van der Waals surface area contributed by atoms with Crippen molar-refractivity contribution in [3.63, 3.8) is 0 Å². The molecule has 24 heavy (non-hydrogen) atoms. The van der Waals surface area contributed by atoms with Crippen molar-refractivity contribution in [1.82, 2.24) is 19.6 Å². The SMILES string of the molecule is FC(F)(F)c1cccc(CNc2nccn3c(C4CC4)nnc23)c1. The van der Waals surface area contributed by atoms with Gasteiger partial charge in [0.2, 0.25) is 5.65 Å². The van der Waals surface area contributed by atoms with Crippen molar-refractivity contribution in [1.29, 1.82) is 0 Å². The summed E-state index contributed by atoms with van der Waals surface area (Å²) in [4.78, 5) is 4.23. The Morgan fingerprint density at radius 2 is 2.04 bits per heavy atom. The highest BCUT2D eigenvalue weighted by molar-refractivity contribution is 5.62. The third-order valence-corrected chi connectivity index (χ3v) is 4.01. The Morgan fingerprint density at radius 1 is 1.21 bits per heavy atom. The first-order valence-electron chi connectivity index (χ1n) is 7.62. The molecule has 2 heterocycles. The summed E-state index contributed by atoms with van der Waals surface area (Å²) in [6, 6.07) is 5.23. The van der Waals surface area contributed by atoms with Crippen molar-refractivity contribution >= 4 is 11.5 Å². The fourth-order valence-corrected chi connectivity index (χ4v) is 2.63. The number of aromatic nitrogens is 4. The fraction of sp³-hybridized carbons (Fsp3) is 0.312. The van der Waals surface area contributed by atoms with Crippen LogP contribution in [0.2, 0.25) is 0 Å². The van der Waals surface area contributed by atoms with Crippen LogP contribution in [0.5, 0.6) is 0 Å². The van der Waals surface area contributed by atoms with E-state index in [1.807, 2.05) is 4.40 Å². The van der Waals surface area contributed by atoms with Gasteiger partial charge in [-0.3, -0.25) is 4.40 Å². The molecular formula is C16H14F3N5. The predicted octanol–water partition coefficient (Wildman–Crippen LogP) is 3.63. The molecule has 1 N–H and O–H groups in total. The molecule has 0 saturated heterocycles. The van der Waals surface area contributed by atoms with Gasteiger partial charge in [0.15, 0.2) is 5.82 Å². The lowest BCUT2D eigenvalue weighted by Crippen LogP contribution is -2.08. The third-order valence-electron chi connectivity index (χ3n) is 4.01. The monoisotopic (exact) mass is 333 g/mol. The smallest absolute Gasteiger partial charge is 0.363 e. The molecular weight excluding hydrogens is 319 g/mol. The molecule has 0 amide bonds. The topological polar surface area (TPSA) is 55.1 Å². The van der Waals surface area contributed by atoms with E-state index in [0.717, 1.165) is 30.8 Å². The van der Waals surface area contributed by atoms with Crippen LogP contribution in [0.15, 0.2) is 36.7 Å². The van der Waals surface area contributed by atoms with Gasteiger partial charge in [0.05, 0.1) is 5.56 Å². The molecule has 2 aromatic heterocycles. The highest BCUT2D eigenvalue weighted by Crippen LogP contribution is 2.39. The van der Waals surface area contributed by atoms with E-state index in [1.54, 1.807) is 18.5 Å². The van der Waals surface area contributed by atoms with Gasteiger partial charge in [-0.05, 0) is 30.5 Å². The highest BCUT2D eigenvalue weighted by atomic mass is 19.4. The fourth-order valence-electron chi connectivity index (χ4n) is 2.63. The van der Waals surface area contributed by atoms with Crippen LogP contribution in [0.1, 0.15) is 35.7 Å². The molecule has 3 aromatic rings. The Morgan fingerprint density at radius 3 is 2.79 bits per heavy atom. The molecule has 0 spiro atoms. The summed E-state index contributed by atoms with van der Waals surface area (Å²) in [5.74, 6) is 1.86. The van der Waals surface area contributed by atoms with Crippen molar-refractivity contribution in [2.45, 2.75) is 31.5 Å². The molecule has 124 valence electrons. The first-order valence-corrected chi connectivity index (χ1v) is 7.62. The van der Waals surface area contributed by atoms with Crippen LogP contribution in [0.4, 0.5) is 19.0 Å². The van der Waals surface area contributed by atoms with Gasteiger partial charge in [0, 0.05) is 24.9 Å². The highest BCUT2D eigenvalue weighted by Gasteiger charge is 2.30. The minimum Gasteiger partial charge on any atom is -0.363 e. The van der Waals surface area contributed by atoms with E-state index in [9.17, 15) is 13.2 Å². The standard InChI is InChI=1S/C16H14F3N5/c17-16(18,19)12-3-1-2-10(8-12)9-21-13-15-23-22-14(11-4-5-11)24(15)7-6-20-13/h1-3,6-8,11H,4-5,9H2,(H,20,21). The average Bonchev–Trinajstić information content (AvgIpc) is 3.31. The quantitative estimate of drug-likeness (QED) is 0.792. The molecule has 0 atom stereocenters. The largest absolute Gasteiger partial charge is 0.416 e. The number of rotatable bonds is 4. The third kappa shape index (κ3) is 2.79. The van der Waals surface area contributed by atoms with E-state index < -0.39 is 11.7 Å². The number of nitrogens with one attached hydrogen (secondary N) is 1. The molecule has 0 radical (unpaired) electrons. The predicted molar refractivity (Wildman–Crippen MR) is 81.5 cm³/mol. The number of alkyl halides is 3. The summed E-state index contributed by atoms with van der Waals surface area (Å²) in [7, 11) is 0. The van der Waals surface area contributed by atoms with Crippen LogP contribution in [-0.2, 0) is 12.7 Å². The van der Waals surface area contributed by atoms with Gasteiger partial charge in [-0.25, -0.2) is 4.98 Å². The number of fused-ring (bicyclic) bond motifs is 1. The Hall–Kier alpha value is -2.64. The first-order chi connectivity index (χ1) is 11.5. The molecule has 1 aliphatic carbocycles. The van der Waals surface area contributed by atoms with E-state index >= 15 is 0 Å². The molecule has 0 unspecified atom stereocenters. The van der Waals surface area contributed by atoms with E-state index in [-0.39, 0.29) is 6.54 Å². The summed E-state index contributed by atoms with van der Waals surface area (Å²) in [6.45, 7) is 0.224. The molecule has 1 aliphatic rings. The summed E-state index contributed by atoms with van der Waals surface area (Å²) < 4.78 is 40.2. The average molecular weight is 333 g/mol. The number of benzene rings is 1. The minimum absolute atomic E-state index is 0.224. The molecule has 1 saturated carbocycles. The second kappa shape index (κ2) is 5.47. The first kappa shape index (κ1) is 14.9. The number of anilines is 1. The van der Waals surface area contributed by atoms with Gasteiger partial charge < -0.3 is 5.32 Å². The molecule has 5 nitrogen and oxygen atoms in total. The van der Waals surface area contributed by atoms with Gasteiger partial charge in [-0.2, -0.15) is 13.2 Å². The van der Waals surface area contributed by atoms with E-state index in [2.05, 4.69) is 20.5 Å². The van der Waals surface area contributed by atoms with Crippen LogP contribution in [0.3, 0.4) is 0 Å².